The molecule has 0 bridgehead atoms. The molecular weight excluding hydrogens is 302 g/mol. The Labute approximate surface area is 122 Å². The second kappa shape index (κ2) is 6.22. The molecule has 0 saturated carbocycles. The van der Waals surface area contributed by atoms with E-state index in [2.05, 4.69) is 47.2 Å². The summed E-state index contributed by atoms with van der Waals surface area (Å²) in [4.78, 5) is 0. The molecule has 0 aromatic heterocycles. The molecule has 19 heavy (non-hydrogen) atoms. The molecule has 2 N–H and O–H groups in total. The number of benzene rings is 2. The molecule has 0 amide bonds. The van der Waals surface area contributed by atoms with Crippen molar-refractivity contribution in [3.05, 3.63) is 63.6 Å². The minimum absolute atomic E-state index is 0.497. The van der Waals surface area contributed by atoms with Crippen molar-refractivity contribution in [1.29, 1.82) is 0 Å². The number of aryl methyl sites for hydroxylation is 2. The van der Waals surface area contributed by atoms with Crippen LogP contribution >= 0.6 is 15.9 Å². The number of aliphatic hydroxyl groups excluding tert-OH is 1. The molecule has 2 aromatic rings. The average molecular weight is 320 g/mol. The number of hydrogen-bond donors (Lipinski definition) is 2. The molecule has 2 nitrogen and oxygen atoms in total. The van der Waals surface area contributed by atoms with Crippen molar-refractivity contribution in [3.63, 3.8) is 0 Å². The molecule has 3 heteroatoms. The van der Waals surface area contributed by atoms with Gasteiger partial charge in [0, 0.05) is 16.7 Å². The van der Waals surface area contributed by atoms with E-state index < -0.39 is 6.10 Å². The first-order valence-electron chi connectivity index (χ1n) is 6.31. The van der Waals surface area contributed by atoms with Gasteiger partial charge in [0.05, 0.1) is 6.10 Å². The van der Waals surface area contributed by atoms with E-state index in [4.69, 9.17) is 0 Å². The van der Waals surface area contributed by atoms with Gasteiger partial charge in [0.2, 0.25) is 0 Å². The van der Waals surface area contributed by atoms with Gasteiger partial charge in [0.1, 0.15) is 0 Å². The fourth-order valence-electron chi connectivity index (χ4n) is 2.18. The Bertz CT molecular complexity index is 531. The third kappa shape index (κ3) is 3.58. The summed E-state index contributed by atoms with van der Waals surface area (Å²) < 4.78 is 1.08. The Morgan fingerprint density at radius 2 is 1.68 bits per heavy atom. The standard InChI is InChI=1S/C16H18BrNO/c1-11-8-14(17)9-12(2)16(11)18-10-15(19)13-6-4-3-5-7-13/h3-9,15,18-19H,10H2,1-2H3. The molecular formula is C16H18BrNO. The van der Waals surface area contributed by atoms with Crippen LogP contribution in [0.2, 0.25) is 0 Å². The third-order valence-electron chi connectivity index (χ3n) is 3.15. The highest BCUT2D eigenvalue weighted by Gasteiger charge is 2.09. The maximum atomic E-state index is 10.1. The number of halogens is 1. The lowest BCUT2D eigenvalue weighted by Gasteiger charge is -2.17. The zero-order valence-electron chi connectivity index (χ0n) is 11.2. The number of rotatable bonds is 4. The van der Waals surface area contributed by atoms with Crippen molar-refractivity contribution >= 4 is 21.6 Å². The number of anilines is 1. The fraction of sp³-hybridized carbons (Fsp3) is 0.250. The first-order valence-corrected chi connectivity index (χ1v) is 7.11. The van der Waals surface area contributed by atoms with Crippen LogP contribution in [0.25, 0.3) is 0 Å². The largest absolute Gasteiger partial charge is 0.387 e. The summed E-state index contributed by atoms with van der Waals surface area (Å²) in [7, 11) is 0. The van der Waals surface area contributed by atoms with E-state index >= 15 is 0 Å². The van der Waals surface area contributed by atoms with E-state index in [0.717, 1.165) is 15.7 Å². The van der Waals surface area contributed by atoms with Gasteiger partial charge in [0.25, 0.3) is 0 Å². The van der Waals surface area contributed by atoms with Crippen LogP contribution in [-0.2, 0) is 0 Å². The quantitative estimate of drug-likeness (QED) is 0.884. The number of nitrogens with one attached hydrogen (secondary N) is 1. The minimum Gasteiger partial charge on any atom is -0.387 e. The summed E-state index contributed by atoms with van der Waals surface area (Å²) in [5.74, 6) is 0. The van der Waals surface area contributed by atoms with Crippen molar-refractivity contribution in [3.8, 4) is 0 Å². The van der Waals surface area contributed by atoms with Crippen LogP contribution in [0.4, 0.5) is 5.69 Å². The molecule has 0 radical (unpaired) electrons. The molecule has 0 aliphatic rings. The summed E-state index contributed by atoms with van der Waals surface area (Å²) in [6.45, 7) is 4.64. The Hall–Kier alpha value is -1.32. The van der Waals surface area contributed by atoms with Crippen LogP contribution in [0.15, 0.2) is 46.9 Å². The molecule has 1 atom stereocenters. The predicted molar refractivity (Wildman–Crippen MR) is 83.5 cm³/mol. The summed E-state index contributed by atoms with van der Waals surface area (Å²) in [6.07, 6.45) is -0.497. The maximum absolute atomic E-state index is 10.1. The van der Waals surface area contributed by atoms with Gasteiger partial charge in [-0.2, -0.15) is 0 Å². The van der Waals surface area contributed by atoms with E-state index in [1.54, 1.807) is 0 Å². The summed E-state index contributed by atoms with van der Waals surface area (Å²) in [5.41, 5.74) is 4.37. The van der Waals surface area contributed by atoms with Gasteiger partial charge in [-0.15, -0.1) is 0 Å². The molecule has 0 heterocycles. The Kier molecular flexibility index (Phi) is 4.61. The SMILES string of the molecule is Cc1cc(Br)cc(C)c1NCC(O)c1ccccc1. The Balaban J connectivity index is 2.07. The van der Waals surface area contributed by atoms with Crippen LogP contribution in [0, 0.1) is 13.8 Å². The van der Waals surface area contributed by atoms with E-state index in [9.17, 15) is 5.11 Å². The fourth-order valence-corrected chi connectivity index (χ4v) is 2.87. The lowest BCUT2D eigenvalue weighted by molar-refractivity contribution is 0.191. The zero-order chi connectivity index (χ0) is 13.8. The van der Waals surface area contributed by atoms with Gasteiger partial charge < -0.3 is 10.4 Å². The van der Waals surface area contributed by atoms with Crippen molar-refractivity contribution in [2.75, 3.05) is 11.9 Å². The molecule has 2 rings (SSSR count). The molecule has 0 saturated heterocycles. The van der Waals surface area contributed by atoms with Crippen LogP contribution in [0.1, 0.15) is 22.8 Å². The maximum Gasteiger partial charge on any atom is 0.0962 e. The first kappa shape index (κ1) is 14.1. The monoisotopic (exact) mass is 319 g/mol. The van der Waals surface area contributed by atoms with Crippen LogP contribution < -0.4 is 5.32 Å². The van der Waals surface area contributed by atoms with E-state index in [-0.39, 0.29) is 0 Å². The minimum atomic E-state index is -0.497. The van der Waals surface area contributed by atoms with E-state index in [0.29, 0.717) is 6.54 Å². The molecule has 0 aliphatic carbocycles. The molecule has 0 spiro atoms. The molecule has 0 fully saturated rings. The van der Waals surface area contributed by atoms with Gasteiger partial charge in [-0.05, 0) is 42.7 Å². The number of aliphatic hydroxyl groups is 1. The van der Waals surface area contributed by atoms with Gasteiger partial charge in [-0.25, -0.2) is 0 Å². The molecule has 100 valence electrons. The summed E-state index contributed by atoms with van der Waals surface area (Å²) >= 11 is 3.49. The second-order valence-electron chi connectivity index (χ2n) is 4.72. The lowest BCUT2D eigenvalue weighted by Crippen LogP contribution is -2.13. The lowest BCUT2D eigenvalue weighted by atomic mass is 10.1. The van der Waals surface area contributed by atoms with E-state index in [1.807, 2.05) is 30.3 Å². The smallest absolute Gasteiger partial charge is 0.0962 e. The van der Waals surface area contributed by atoms with Gasteiger partial charge >= 0.3 is 0 Å². The average Bonchev–Trinajstić information content (AvgIpc) is 2.38. The van der Waals surface area contributed by atoms with Crippen molar-refractivity contribution < 1.29 is 5.11 Å². The molecule has 0 aliphatic heterocycles. The van der Waals surface area contributed by atoms with Crippen molar-refractivity contribution in [2.24, 2.45) is 0 Å². The highest BCUT2D eigenvalue weighted by Crippen LogP contribution is 2.25. The Morgan fingerprint density at radius 1 is 1.11 bits per heavy atom. The number of hydrogen-bond acceptors (Lipinski definition) is 2. The molecule has 1 unspecified atom stereocenters. The highest BCUT2D eigenvalue weighted by atomic mass is 79.9. The van der Waals surface area contributed by atoms with E-state index in [1.165, 1.54) is 11.1 Å². The molecule has 2 aromatic carbocycles. The van der Waals surface area contributed by atoms with Crippen LogP contribution in [-0.4, -0.2) is 11.7 Å². The summed E-state index contributed by atoms with van der Waals surface area (Å²) in [6, 6.07) is 13.9. The normalized spacial score (nSPS) is 12.2. The van der Waals surface area contributed by atoms with Crippen LogP contribution in [0.3, 0.4) is 0 Å². The third-order valence-corrected chi connectivity index (χ3v) is 3.61. The first-order chi connectivity index (χ1) is 9.08. The van der Waals surface area contributed by atoms with Crippen molar-refractivity contribution in [1.82, 2.24) is 0 Å². The highest BCUT2D eigenvalue weighted by molar-refractivity contribution is 9.10. The predicted octanol–water partition coefficient (Wildman–Crippen LogP) is 4.21. The topological polar surface area (TPSA) is 32.3 Å². The summed E-state index contributed by atoms with van der Waals surface area (Å²) in [5, 5.41) is 13.5. The van der Waals surface area contributed by atoms with Crippen molar-refractivity contribution in [2.45, 2.75) is 20.0 Å². The zero-order valence-corrected chi connectivity index (χ0v) is 12.7. The van der Waals surface area contributed by atoms with Gasteiger partial charge in [-0.1, -0.05) is 46.3 Å². The van der Waals surface area contributed by atoms with Gasteiger partial charge in [-0.3, -0.25) is 0 Å². The second-order valence-corrected chi connectivity index (χ2v) is 5.64. The van der Waals surface area contributed by atoms with Gasteiger partial charge in [0.15, 0.2) is 0 Å². The Morgan fingerprint density at radius 3 is 2.26 bits per heavy atom. The van der Waals surface area contributed by atoms with Crippen LogP contribution in [0.5, 0.6) is 0 Å².